The Labute approximate surface area is 128 Å². The summed E-state index contributed by atoms with van der Waals surface area (Å²) in [5.74, 6) is 0.528. The van der Waals surface area contributed by atoms with Gasteiger partial charge >= 0.3 is 6.03 Å². The average molecular weight is 310 g/mol. The fraction of sp³-hybridized carbons (Fsp3) is 0.533. The summed E-state index contributed by atoms with van der Waals surface area (Å²) in [6, 6.07) is 7.43. The fourth-order valence-corrected chi connectivity index (χ4v) is 3.61. The van der Waals surface area contributed by atoms with E-state index in [9.17, 15) is 9.00 Å². The van der Waals surface area contributed by atoms with Crippen molar-refractivity contribution in [3.05, 3.63) is 29.8 Å². The highest BCUT2D eigenvalue weighted by atomic mass is 32.2. The molecule has 2 amide bonds. The number of methoxy groups -OCH3 is 1. The number of anilines is 1. The van der Waals surface area contributed by atoms with E-state index in [-0.39, 0.29) is 10.8 Å². The van der Waals surface area contributed by atoms with Gasteiger partial charge in [0.2, 0.25) is 0 Å². The van der Waals surface area contributed by atoms with Crippen LogP contribution >= 0.6 is 0 Å². The quantitative estimate of drug-likeness (QED) is 0.931. The molecule has 0 aliphatic carbocycles. The molecule has 0 bridgehead atoms. The molecule has 2 rings (SSSR count). The monoisotopic (exact) mass is 310 g/mol. The third kappa shape index (κ3) is 3.83. The molecular weight excluding hydrogens is 288 g/mol. The normalized spacial score (nSPS) is 21.1. The first-order chi connectivity index (χ1) is 9.94. The molecule has 0 spiro atoms. The number of carbonyl (C=O) groups is 1. The minimum Gasteiger partial charge on any atom is -0.380 e. The van der Waals surface area contributed by atoms with Gasteiger partial charge in [0.15, 0.2) is 0 Å². The summed E-state index contributed by atoms with van der Waals surface area (Å²) >= 11 is 0. The van der Waals surface area contributed by atoms with Crippen molar-refractivity contribution in [3.8, 4) is 0 Å². The number of ether oxygens (including phenoxy) is 1. The molecule has 5 nitrogen and oxygen atoms in total. The average Bonchev–Trinajstić information content (AvgIpc) is 2.44. The van der Waals surface area contributed by atoms with Gasteiger partial charge in [-0.3, -0.25) is 4.21 Å². The Kier molecular flexibility index (Phi) is 5.00. The van der Waals surface area contributed by atoms with Gasteiger partial charge in [0.1, 0.15) is 0 Å². The number of carbonyl (C=O) groups excluding carboxylic acids is 1. The number of urea groups is 1. The molecule has 0 saturated carbocycles. The van der Waals surface area contributed by atoms with Crippen molar-refractivity contribution in [3.63, 3.8) is 0 Å². The van der Waals surface area contributed by atoms with E-state index in [1.807, 2.05) is 38.1 Å². The molecule has 1 saturated heterocycles. The van der Waals surface area contributed by atoms with Crippen LogP contribution < -0.4 is 5.32 Å². The molecule has 0 radical (unpaired) electrons. The van der Waals surface area contributed by atoms with E-state index in [2.05, 4.69) is 5.32 Å². The summed E-state index contributed by atoms with van der Waals surface area (Å²) in [4.78, 5) is 14.1. The molecule has 1 aromatic rings. The zero-order valence-corrected chi connectivity index (χ0v) is 13.5. The van der Waals surface area contributed by atoms with Crippen molar-refractivity contribution >= 4 is 22.5 Å². The van der Waals surface area contributed by atoms with Gasteiger partial charge in [-0.15, -0.1) is 0 Å². The first-order valence-corrected chi connectivity index (χ1v) is 8.27. The number of benzene rings is 1. The largest absolute Gasteiger partial charge is 0.380 e. The molecule has 1 fully saturated rings. The predicted octanol–water partition coefficient (Wildman–Crippen LogP) is 2.21. The van der Waals surface area contributed by atoms with Crippen LogP contribution in [-0.2, 0) is 22.1 Å². The van der Waals surface area contributed by atoms with E-state index in [0.717, 1.165) is 11.3 Å². The van der Waals surface area contributed by atoms with Gasteiger partial charge in [0.25, 0.3) is 0 Å². The van der Waals surface area contributed by atoms with Crippen LogP contribution in [0.2, 0.25) is 0 Å². The fourth-order valence-electron chi connectivity index (χ4n) is 2.37. The number of nitrogens with zero attached hydrogens (tertiary/aromatic N) is 1. The molecule has 1 atom stereocenters. The Morgan fingerprint density at radius 3 is 2.81 bits per heavy atom. The van der Waals surface area contributed by atoms with E-state index in [4.69, 9.17) is 4.74 Å². The van der Waals surface area contributed by atoms with E-state index >= 15 is 0 Å². The van der Waals surface area contributed by atoms with E-state index in [1.165, 1.54) is 0 Å². The zero-order chi connectivity index (χ0) is 15.5. The van der Waals surface area contributed by atoms with E-state index in [1.54, 1.807) is 12.0 Å². The van der Waals surface area contributed by atoms with Gasteiger partial charge < -0.3 is 15.0 Å². The smallest absolute Gasteiger partial charge is 0.321 e. The highest BCUT2D eigenvalue weighted by Crippen LogP contribution is 2.22. The van der Waals surface area contributed by atoms with Crippen LogP contribution in [0.25, 0.3) is 0 Å². The molecule has 6 heteroatoms. The Balaban J connectivity index is 2.07. The van der Waals surface area contributed by atoms with E-state index in [0.29, 0.717) is 25.4 Å². The van der Waals surface area contributed by atoms with Gasteiger partial charge in [-0.25, -0.2) is 4.79 Å². The summed E-state index contributed by atoms with van der Waals surface area (Å²) in [5, 5.41) is 2.93. The predicted molar refractivity (Wildman–Crippen MR) is 84.8 cm³/mol. The minimum absolute atomic E-state index is 0.150. The van der Waals surface area contributed by atoms with Crippen LogP contribution in [0.3, 0.4) is 0 Å². The highest BCUT2D eigenvalue weighted by molar-refractivity contribution is 7.86. The second kappa shape index (κ2) is 6.58. The molecule has 0 aromatic heterocycles. The Bertz CT molecular complexity index is 545. The Morgan fingerprint density at radius 1 is 1.43 bits per heavy atom. The van der Waals surface area contributed by atoms with Crippen molar-refractivity contribution in [2.45, 2.75) is 25.2 Å². The lowest BCUT2D eigenvalue weighted by molar-refractivity contribution is 0.185. The number of para-hydroxylation sites is 1. The lowest BCUT2D eigenvalue weighted by Gasteiger charge is -2.37. The van der Waals surface area contributed by atoms with Crippen LogP contribution in [-0.4, -0.2) is 45.8 Å². The second-order valence-electron chi connectivity index (χ2n) is 5.75. The van der Waals surface area contributed by atoms with Gasteiger partial charge in [0, 0.05) is 48.0 Å². The first kappa shape index (κ1) is 16.0. The maximum absolute atomic E-state index is 12.4. The second-order valence-corrected chi connectivity index (χ2v) is 7.96. The van der Waals surface area contributed by atoms with Crippen LogP contribution in [0, 0.1) is 0 Å². The van der Waals surface area contributed by atoms with Crippen molar-refractivity contribution in [2.75, 3.05) is 31.3 Å². The molecule has 1 aliphatic rings. The molecule has 21 heavy (non-hydrogen) atoms. The van der Waals surface area contributed by atoms with E-state index < -0.39 is 10.8 Å². The molecule has 1 heterocycles. The number of hydrogen-bond donors (Lipinski definition) is 1. The highest BCUT2D eigenvalue weighted by Gasteiger charge is 2.35. The molecule has 1 N–H and O–H groups in total. The summed E-state index contributed by atoms with van der Waals surface area (Å²) in [5.41, 5.74) is 1.70. The summed E-state index contributed by atoms with van der Waals surface area (Å²) in [7, 11) is 0.743. The van der Waals surface area contributed by atoms with Gasteiger partial charge in [-0.05, 0) is 19.9 Å². The van der Waals surface area contributed by atoms with Crippen LogP contribution in [0.5, 0.6) is 0 Å². The van der Waals surface area contributed by atoms with Crippen molar-refractivity contribution in [1.82, 2.24) is 4.90 Å². The molecule has 1 aliphatic heterocycles. The topological polar surface area (TPSA) is 58.6 Å². The first-order valence-electron chi connectivity index (χ1n) is 6.95. The van der Waals surface area contributed by atoms with Crippen molar-refractivity contribution in [2.24, 2.45) is 0 Å². The molecular formula is C15H22N2O3S. The van der Waals surface area contributed by atoms with Crippen molar-refractivity contribution in [1.29, 1.82) is 0 Å². The third-order valence-corrected chi connectivity index (χ3v) is 5.50. The number of hydrogen-bond acceptors (Lipinski definition) is 3. The Hall–Kier alpha value is -1.40. The van der Waals surface area contributed by atoms with Crippen LogP contribution in [0.1, 0.15) is 19.4 Å². The third-order valence-electron chi connectivity index (χ3n) is 3.58. The van der Waals surface area contributed by atoms with Gasteiger partial charge in [-0.1, -0.05) is 18.2 Å². The summed E-state index contributed by atoms with van der Waals surface area (Å²) < 4.78 is 16.7. The Morgan fingerprint density at radius 2 is 2.14 bits per heavy atom. The molecule has 116 valence electrons. The number of nitrogens with one attached hydrogen (secondary N) is 1. The molecule has 1 unspecified atom stereocenters. The summed E-state index contributed by atoms with van der Waals surface area (Å²) in [6.45, 7) is 5.33. The van der Waals surface area contributed by atoms with Crippen LogP contribution in [0.15, 0.2) is 24.3 Å². The van der Waals surface area contributed by atoms with Crippen molar-refractivity contribution < 1.29 is 13.7 Å². The molecule has 1 aromatic carbocycles. The summed E-state index contributed by atoms with van der Waals surface area (Å²) in [6.07, 6.45) is 0. The van der Waals surface area contributed by atoms with Gasteiger partial charge in [-0.2, -0.15) is 0 Å². The number of rotatable bonds is 3. The minimum atomic E-state index is -0.883. The lowest BCUT2D eigenvalue weighted by Crippen LogP contribution is -2.53. The maximum Gasteiger partial charge on any atom is 0.321 e. The lowest BCUT2D eigenvalue weighted by atomic mass is 10.2. The SMILES string of the molecule is COCc1ccccc1NC(=O)N1CCS(=O)C(C)(C)C1. The number of amides is 2. The van der Waals surface area contributed by atoms with Crippen LogP contribution in [0.4, 0.5) is 10.5 Å². The standard InChI is InChI=1S/C15H22N2O3S/c1-15(2)11-17(8-9-21(15)19)14(18)16-13-7-5-4-6-12(13)10-20-3/h4-7H,8-11H2,1-3H3,(H,16,18). The van der Waals surface area contributed by atoms with Gasteiger partial charge in [0.05, 0.1) is 11.4 Å². The maximum atomic E-state index is 12.4. The zero-order valence-electron chi connectivity index (χ0n) is 12.7.